The van der Waals surface area contributed by atoms with Gasteiger partial charge in [-0.25, -0.2) is 0 Å². The van der Waals surface area contributed by atoms with Gasteiger partial charge in [-0.3, -0.25) is 4.79 Å². The molecule has 1 heterocycles. The number of ketones is 1. The first-order valence-electron chi connectivity index (χ1n) is 9.12. The summed E-state index contributed by atoms with van der Waals surface area (Å²) in [6.45, 7) is 6.66. The van der Waals surface area contributed by atoms with E-state index in [1.54, 1.807) is 0 Å². The van der Waals surface area contributed by atoms with Crippen molar-refractivity contribution in [1.82, 2.24) is 4.57 Å². The van der Waals surface area contributed by atoms with Crippen LogP contribution in [0.15, 0.2) is 42.5 Å². The van der Waals surface area contributed by atoms with Gasteiger partial charge in [0.15, 0.2) is 5.78 Å². The number of rotatable bonds is 6. The third-order valence-corrected chi connectivity index (χ3v) is 5.11. The summed E-state index contributed by atoms with van der Waals surface area (Å²) in [5.41, 5.74) is 10.7. The lowest BCUT2D eigenvalue weighted by Crippen LogP contribution is -2.12. The number of halogens is 1. The number of hydrogen-bond acceptors (Lipinski definition) is 2. The fourth-order valence-corrected chi connectivity index (χ4v) is 3.65. The minimum Gasteiger partial charge on any atom is -0.399 e. The quantitative estimate of drug-likeness (QED) is 0.447. The van der Waals surface area contributed by atoms with E-state index in [4.69, 9.17) is 17.3 Å². The maximum Gasteiger partial charge on any atom is 0.167 e. The Kier molecular flexibility index (Phi) is 5.38. The molecule has 0 fully saturated rings. The van der Waals surface area contributed by atoms with Gasteiger partial charge in [-0.1, -0.05) is 63.1 Å². The van der Waals surface area contributed by atoms with Gasteiger partial charge < -0.3 is 10.3 Å². The Morgan fingerprint density at radius 1 is 1.19 bits per heavy atom. The van der Waals surface area contributed by atoms with Crippen LogP contribution in [0.2, 0.25) is 5.02 Å². The Labute approximate surface area is 159 Å². The van der Waals surface area contributed by atoms with Crippen LogP contribution in [0, 0.1) is 5.92 Å². The largest absolute Gasteiger partial charge is 0.399 e. The van der Waals surface area contributed by atoms with Gasteiger partial charge >= 0.3 is 0 Å². The Hall–Kier alpha value is -2.26. The molecule has 0 amide bonds. The molecule has 3 rings (SSSR count). The van der Waals surface area contributed by atoms with Crippen molar-refractivity contribution >= 4 is 34.0 Å². The molecule has 26 heavy (non-hydrogen) atoms. The van der Waals surface area contributed by atoms with Gasteiger partial charge in [-0.15, -0.1) is 0 Å². The molecule has 0 radical (unpaired) electrons. The van der Waals surface area contributed by atoms with Crippen LogP contribution in [-0.4, -0.2) is 10.4 Å². The van der Waals surface area contributed by atoms with Gasteiger partial charge in [0.05, 0.1) is 5.52 Å². The molecule has 3 aromatic rings. The molecule has 0 aliphatic heterocycles. The summed E-state index contributed by atoms with van der Waals surface area (Å²) in [5.74, 6) is 0.128. The molecule has 0 saturated carbocycles. The number of anilines is 1. The smallest absolute Gasteiger partial charge is 0.167 e. The number of aromatic nitrogens is 1. The van der Waals surface area contributed by atoms with Crippen molar-refractivity contribution < 1.29 is 4.79 Å². The van der Waals surface area contributed by atoms with Gasteiger partial charge in [0.25, 0.3) is 0 Å². The summed E-state index contributed by atoms with van der Waals surface area (Å²) in [6.07, 6.45) is 1.81. The van der Waals surface area contributed by atoms with Gasteiger partial charge in [-0.2, -0.15) is 0 Å². The van der Waals surface area contributed by atoms with Crippen LogP contribution in [0.5, 0.6) is 0 Å². The maximum absolute atomic E-state index is 13.0. The molecule has 0 spiro atoms. The number of fused-ring (bicyclic) bond motifs is 1. The fourth-order valence-electron chi connectivity index (χ4n) is 3.46. The highest BCUT2D eigenvalue weighted by Crippen LogP contribution is 2.32. The van der Waals surface area contributed by atoms with E-state index in [9.17, 15) is 4.79 Å². The molecule has 0 atom stereocenters. The van der Waals surface area contributed by atoms with Gasteiger partial charge in [0, 0.05) is 39.8 Å². The van der Waals surface area contributed by atoms with E-state index in [2.05, 4.69) is 11.5 Å². The van der Waals surface area contributed by atoms with E-state index in [1.807, 2.05) is 56.3 Å². The van der Waals surface area contributed by atoms with E-state index in [-0.39, 0.29) is 11.7 Å². The lowest BCUT2D eigenvalue weighted by atomic mass is 9.96. The third-order valence-electron chi connectivity index (χ3n) is 4.74. The van der Waals surface area contributed by atoms with Crippen LogP contribution in [0.1, 0.15) is 48.8 Å². The molecule has 0 aliphatic carbocycles. The molecule has 0 unspecified atom stereocenters. The van der Waals surface area contributed by atoms with Crippen molar-refractivity contribution in [3.05, 3.63) is 64.3 Å². The highest BCUT2D eigenvalue weighted by Gasteiger charge is 2.24. The zero-order valence-electron chi connectivity index (χ0n) is 15.6. The second kappa shape index (κ2) is 7.55. The summed E-state index contributed by atoms with van der Waals surface area (Å²) < 4.78 is 2.21. The minimum absolute atomic E-state index is 0.0532. The highest BCUT2D eigenvalue weighted by atomic mass is 35.5. The molecular weight excluding hydrogens is 344 g/mol. The normalized spacial score (nSPS) is 11.4. The van der Waals surface area contributed by atoms with Gasteiger partial charge in [0.1, 0.15) is 0 Å². The number of benzene rings is 2. The molecule has 0 aliphatic rings. The standard InChI is InChI=1S/C22H25ClN2O/c1-4-7-19-21(22(26)14(2)3)17-11-10-16(24)12-20(17)25(19)13-15-8-5-6-9-18(15)23/h5-6,8-12,14H,4,7,13,24H2,1-3H3. The highest BCUT2D eigenvalue weighted by molar-refractivity contribution is 6.31. The maximum atomic E-state index is 13.0. The third kappa shape index (κ3) is 3.36. The lowest BCUT2D eigenvalue weighted by Gasteiger charge is -2.13. The summed E-state index contributed by atoms with van der Waals surface area (Å²) in [4.78, 5) is 13.0. The molecular formula is C22H25ClN2O. The van der Waals surface area contributed by atoms with Crippen LogP contribution >= 0.6 is 11.6 Å². The van der Waals surface area contributed by atoms with Crippen molar-refractivity contribution in [2.45, 2.75) is 40.2 Å². The molecule has 0 saturated heterocycles. The number of nitrogen functional groups attached to an aromatic ring is 1. The predicted octanol–water partition coefficient (Wildman–Crippen LogP) is 5.72. The van der Waals surface area contributed by atoms with E-state index in [1.165, 1.54) is 0 Å². The van der Waals surface area contributed by atoms with Crippen LogP contribution in [-0.2, 0) is 13.0 Å². The van der Waals surface area contributed by atoms with E-state index in [0.717, 1.165) is 45.6 Å². The van der Waals surface area contributed by atoms with Crippen molar-refractivity contribution in [3.63, 3.8) is 0 Å². The van der Waals surface area contributed by atoms with Crippen LogP contribution in [0.25, 0.3) is 10.9 Å². The number of carbonyl (C=O) groups excluding carboxylic acids is 1. The van der Waals surface area contributed by atoms with E-state index >= 15 is 0 Å². The van der Waals surface area contributed by atoms with Crippen LogP contribution in [0.3, 0.4) is 0 Å². The fraction of sp³-hybridized carbons (Fsp3) is 0.318. The Bertz CT molecular complexity index is 956. The Morgan fingerprint density at radius 2 is 1.92 bits per heavy atom. The minimum atomic E-state index is -0.0532. The molecule has 136 valence electrons. The topological polar surface area (TPSA) is 48.0 Å². The number of nitrogens with two attached hydrogens (primary N) is 1. The zero-order chi connectivity index (χ0) is 18.8. The van der Waals surface area contributed by atoms with Gasteiger partial charge in [-0.05, 0) is 30.2 Å². The van der Waals surface area contributed by atoms with Crippen molar-refractivity contribution in [3.8, 4) is 0 Å². The summed E-state index contributed by atoms with van der Waals surface area (Å²) in [6, 6.07) is 13.6. The van der Waals surface area contributed by atoms with Gasteiger partial charge in [0.2, 0.25) is 0 Å². The van der Waals surface area contributed by atoms with Crippen LogP contribution in [0.4, 0.5) is 5.69 Å². The SMILES string of the molecule is CCCc1c(C(=O)C(C)C)c2ccc(N)cc2n1Cc1ccccc1Cl. The lowest BCUT2D eigenvalue weighted by molar-refractivity contribution is 0.0940. The van der Waals surface area contributed by atoms with E-state index < -0.39 is 0 Å². The monoisotopic (exact) mass is 368 g/mol. The second-order valence-electron chi connectivity index (χ2n) is 7.04. The molecule has 4 heteroatoms. The van der Waals surface area contributed by atoms with Crippen LogP contribution < -0.4 is 5.73 Å². The Balaban J connectivity index is 2.29. The molecule has 3 nitrogen and oxygen atoms in total. The molecule has 0 bridgehead atoms. The predicted molar refractivity (Wildman–Crippen MR) is 110 cm³/mol. The average molecular weight is 369 g/mol. The number of nitrogens with zero attached hydrogens (tertiary/aromatic N) is 1. The first-order valence-corrected chi connectivity index (χ1v) is 9.50. The number of carbonyl (C=O) groups is 1. The number of Topliss-reactive ketones (excluding diaryl/α,β-unsaturated/α-hetero) is 1. The average Bonchev–Trinajstić information content (AvgIpc) is 2.89. The summed E-state index contributed by atoms with van der Waals surface area (Å²) in [7, 11) is 0. The van der Waals surface area contributed by atoms with Crippen molar-refractivity contribution in [2.75, 3.05) is 5.73 Å². The summed E-state index contributed by atoms with van der Waals surface area (Å²) in [5, 5.41) is 1.71. The summed E-state index contributed by atoms with van der Waals surface area (Å²) >= 11 is 6.40. The molecule has 2 N–H and O–H groups in total. The Morgan fingerprint density at radius 3 is 2.58 bits per heavy atom. The number of hydrogen-bond donors (Lipinski definition) is 1. The molecule has 2 aromatic carbocycles. The first-order chi connectivity index (χ1) is 12.4. The zero-order valence-corrected chi connectivity index (χ0v) is 16.3. The second-order valence-corrected chi connectivity index (χ2v) is 7.45. The van der Waals surface area contributed by atoms with E-state index in [0.29, 0.717) is 12.2 Å². The van der Waals surface area contributed by atoms with Crippen molar-refractivity contribution in [1.29, 1.82) is 0 Å². The van der Waals surface area contributed by atoms with Crippen molar-refractivity contribution in [2.24, 2.45) is 5.92 Å². The first kappa shape index (κ1) is 18.5. The molecule has 1 aromatic heterocycles.